The SMILES string of the molecule is CC(NC(=O)c1ccnc(Cl)c1[N+](=O)[O-])C1CCOCC1. The van der Waals surface area contributed by atoms with Crippen LogP contribution in [-0.4, -0.2) is 35.1 Å². The molecular formula is C13H16ClN3O4. The molecule has 2 rings (SSSR count). The second-order valence-corrected chi connectivity index (χ2v) is 5.32. The van der Waals surface area contributed by atoms with E-state index >= 15 is 0 Å². The van der Waals surface area contributed by atoms with Gasteiger partial charge in [0, 0.05) is 25.5 Å². The number of pyridine rings is 1. The van der Waals surface area contributed by atoms with E-state index in [0.717, 1.165) is 12.8 Å². The van der Waals surface area contributed by atoms with E-state index in [0.29, 0.717) is 19.1 Å². The van der Waals surface area contributed by atoms with Crippen molar-refractivity contribution < 1.29 is 14.5 Å². The van der Waals surface area contributed by atoms with Crippen molar-refractivity contribution in [2.75, 3.05) is 13.2 Å². The van der Waals surface area contributed by atoms with Gasteiger partial charge in [-0.2, -0.15) is 0 Å². The van der Waals surface area contributed by atoms with Crippen LogP contribution in [0.25, 0.3) is 0 Å². The standard InChI is InChI=1S/C13H16ClN3O4/c1-8(9-3-6-21-7-4-9)16-13(18)10-2-5-15-12(14)11(10)17(19)20/h2,5,8-9H,3-4,6-7H2,1H3,(H,16,18). The molecule has 1 aromatic rings. The molecule has 8 heteroatoms. The lowest BCUT2D eigenvalue weighted by atomic mass is 9.93. The average Bonchev–Trinajstić information content (AvgIpc) is 2.47. The van der Waals surface area contributed by atoms with Crippen LogP contribution in [0, 0.1) is 16.0 Å². The third-order valence-corrected chi connectivity index (χ3v) is 3.92. The molecule has 0 saturated carbocycles. The first-order valence-electron chi connectivity index (χ1n) is 6.68. The van der Waals surface area contributed by atoms with E-state index in [4.69, 9.17) is 16.3 Å². The average molecular weight is 314 g/mol. The van der Waals surface area contributed by atoms with Crippen molar-refractivity contribution in [2.45, 2.75) is 25.8 Å². The number of aromatic nitrogens is 1. The number of hydrogen-bond donors (Lipinski definition) is 1. The van der Waals surface area contributed by atoms with Crippen molar-refractivity contribution in [3.05, 3.63) is 33.1 Å². The number of hydrogen-bond acceptors (Lipinski definition) is 5. The topological polar surface area (TPSA) is 94.4 Å². The predicted molar refractivity (Wildman–Crippen MR) is 76.4 cm³/mol. The third-order valence-electron chi connectivity index (χ3n) is 3.64. The van der Waals surface area contributed by atoms with E-state index in [1.165, 1.54) is 12.3 Å². The number of nitrogens with zero attached hydrogens (tertiary/aromatic N) is 2. The summed E-state index contributed by atoms with van der Waals surface area (Å²) in [6.45, 7) is 3.24. The van der Waals surface area contributed by atoms with Gasteiger partial charge in [-0.3, -0.25) is 14.9 Å². The van der Waals surface area contributed by atoms with Crippen LogP contribution < -0.4 is 5.32 Å². The summed E-state index contributed by atoms with van der Waals surface area (Å²) in [6, 6.07) is 1.21. The summed E-state index contributed by atoms with van der Waals surface area (Å²) in [4.78, 5) is 26.2. The normalized spacial score (nSPS) is 17.2. The van der Waals surface area contributed by atoms with Crippen LogP contribution in [-0.2, 0) is 4.74 Å². The van der Waals surface area contributed by atoms with Gasteiger partial charge in [0.1, 0.15) is 5.56 Å². The Hall–Kier alpha value is -1.73. The largest absolute Gasteiger partial charge is 0.381 e. The van der Waals surface area contributed by atoms with E-state index in [2.05, 4.69) is 10.3 Å². The van der Waals surface area contributed by atoms with Crippen molar-refractivity contribution in [2.24, 2.45) is 5.92 Å². The highest BCUT2D eigenvalue weighted by Crippen LogP contribution is 2.26. The summed E-state index contributed by atoms with van der Waals surface area (Å²) in [5.41, 5.74) is -0.533. The van der Waals surface area contributed by atoms with Crippen LogP contribution in [0.1, 0.15) is 30.1 Å². The molecule has 1 atom stereocenters. The number of nitrogens with one attached hydrogen (secondary N) is 1. The van der Waals surface area contributed by atoms with Crippen molar-refractivity contribution in [1.29, 1.82) is 0 Å². The number of rotatable bonds is 4. The van der Waals surface area contributed by atoms with Crippen molar-refractivity contribution in [1.82, 2.24) is 10.3 Å². The summed E-state index contributed by atoms with van der Waals surface area (Å²) in [7, 11) is 0. The first kappa shape index (κ1) is 15.7. The molecule has 1 aliphatic heterocycles. The lowest BCUT2D eigenvalue weighted by Gasteiger charge is -2.28. The van der Waals surface area contributed by atoms with Gasteiger partial charge in [0.25, 0.3) is 5.91 Å². The van der Waals surface area contributed by atoms with Crippen molar-refractivity contribution in [3.8, 4) is 0 Å². The number of nitro groups is 1. The molecule has 0 bridgehead atoms. The highest BCUT2D eigenvalue weighted by molar-refractivity contribution is 6.32. The molecule has 1 unspecified atom stereocenters. The van der Waals surface area contributed by atoms with E-state index in [-0.39, 0.29) is 16.8 Å². The van der Waals surface area contributed by atoms with Crippen LogP contribution >= 0.6 is 11.6 Å². The molecule has 1 aliphatic rings. The lowest BCUT2D eigenvalue weighted by Crippen LogP contribution is -2.40. The van der Waals surface area contributed by atoms with Gasteiger partial charge in [-0.05, 0) is 31.7 Å². The number of halogens is 1. The molecule has 7 nitrogen and oxygen atoms in total. The molecule has 1 N–H and O–H groups in total. The highest BCUT2D eigenvalue weighted by Gasteiger charge is 2.28. The second-order valence-electron chi connectivity index (χ2n) is 4.97. The van der Waals surface area contributed by atoms with Crippen LogP contribution in [0.15, 0.2) is 12.3 Å². The number of carbonyl (C=O) groups is 1. The zero-order valence-corrected chi connectivity index (χ0v) is 12.3. The summed E-state index contributed by atoms with van der Waals surface area (Å²) < 4.78 is 5.28. The molecule has 0 aliphatic carbocycles. The molecule has 1 fully saturated rings. The minimum atomic E-state index is -0.691. The summed E-state index contributed by atoms with van der Waals surface area (Å²) in [6.07, 6.45) is 3.00. The minimum absolute atomic E-state index is 0.0705. The molecule has 1 saturated heterocycles. The quantitative estimate of drug-likeness (QED) is 0.522. The minimum Gasteiger partial charge on any atom is -0.381 e. The van der Waals surface area contributed by atoms with Crippen molar-refractivity contribution >= 4 is 23.2 Å². The maximum atomic E-state index is 12.2. The summed E-state index contributed by atoms with van der Waals surface area (Å²) in [5, 5.41) is 13.5. The molecule has 114 valence electrons. The summed E-state index contributed by atoms with van der Waals surface area (Å²) >= 11 is 5.70. The monoisotopic (exact) mass is 313 g/mol. The van der Waals surface area contributed by atoms with E-state index in [1.54, 1.807) is 0 Å². The molecular weight excluding hydrogens is 298 g/mol. The van der Waals surface area contributed by atoms with Crippen LogP contribution in [0.4, 0.5) is 5.69 Å². The first-order chi connectivity index (χ1) is 10.0. The molecule has 2 heterocycles. The fraction of sp³-hybridized carbons (Fsp3) is 0.538. The smallest absolute Gasteiger partial charge is 0.319 e. The highest BCUT2D eigenvalue weighted by atomic mass is 35.5. The lowest BCUT2D eigenvalue weighted by molar-refractivity contribution is -0.385. The Morgan fingerprint density at radius 2 is 2.24 bits per heavy atom. The Labute approximate surface area is 126 Å². The van der Waals surface area contributed by atoms with E-state index in [1.807, 2.05) is 6.92 Å². The zero-order chi connectivity index (χ0) is 15.4. The Bertz CT molecular complexity index is 546. The van der Waals surface area contributed by atoms with Gasteiger partial charge in [0.2, 0.25) is 5.15 Å². The molecule has 0 radical (unpaired) electrons. The summed E-state index contributed by atoms with van der Waals surface area (Å²) in [5.74, 6) is -0.205. The predicted octanol–water partition coefficient (Wildman–Crippen LogP) is 2.19. The Kier molecular flexibility index (Phi) is 5.08. The first-order valence-corrected chi connectivity index (χ1v) is 7.06. The maximum absolute atomic E-state index is 12.2. The molecule has 1 amide bonds. The van der Waals surface area contributed by atoms with Gasteiger partial charge in [-0.25, -0.2) is 4.98 Å². The Morgan fingerprint density at radius 1 is 1.57 bits per heavy atom. The maximum Gasteiger partial charge on any atom is 0.319 e. The Morgan fingerprint density at radius 3 is 2.86 bits per heavy atom. The fourth-order valence-electron chi connectivity index (χ4n) is 2.40. The Balaban J connectivity index is 2.13. The number of amides is 1. The van der Waals surface area contributed by atoms with E-state index < -0.39 is 16.5 Å². The van der Waals surface area contributed by atoms with Crippen LogP contribution in [0.5, 0.6) is 0 Å². The van der Waals surface area contributed by atoms with Crippen LogP contribution in [0.3, 0.4) is 0 Å². The number of ether oxygens (including phenoxy) is 1. The molecule has 0 spiro atoms. The number of carbonyl (C=O) groups excluding carboxylic acids is 1. The molecule has 0 aromatic carbocycles. The van der Waals surface area contributed by atoms with Gasteiger partial charge < -0.3 is 10.1 Å². The van der Waals surface area contributed by atoms with Crippen molar-refractivity contribution in [3.63, 3.8) is 0 Å². The van der Waals surface area contributed by atoms with E-state index in [9.17, 15) is 14.9 Å². The van der Waals surface area contributed by atoms with Gasteiger partial charge in [0.05, 0.1) is 4.92 Å². The molecule has 1 aromatic heterocycles. The second kappa shape index (κ2) is 6.82. The molecule has 21 heavy (non-hydrogen) atoms. The van der Waals surface area contributed by atoms with Gasteiger partial charge in [0.15, 0.2) is 0 Å². The van der Waals surface area contributed by atoms with Gasteiger partial charge in [-0.1, -0.05) is 11.6 Å². The van der Waals surface area contributed by atoms with Gasteiger partial charge in [-0.15, -0.1) is 0 Å². The van der Waals surface area contributed by atoms with Crippen LogP contribution in [0.2, 0.25) is 5.15 Å². The zero-order valence-electron chi connectivity index (χ0n) is 11.5. The van der Waals surface area contributed by atoms with Gasteiger partial charge >= 0.3 is 5.69 Å². The third kappa shape index (κ3) is 3.68. The fourth-order valence-corrected chi connectivity index (χ4v) is 2.63.